The molecule has 2 aliphatic rings. The van der Waals surface area contributed by atoms with E-state index in [1.807, 2.05) is 45.0 Å². The first-order valence-corrected chi connectivity index (χ1v) is 14.8. The Kier molecular flexibility index (Phi) is 5.84. The van der Waals surface area contributed by atoms with Gasteiger partial charge >= 0.3 is 170 Å². The Bertz CT molecular complexity index is 844. The summed E-state index contributed by atoms with van der Waals surface area (Å²) in [6.45, 7) is 12.1. The van der Waals surface area contributed by atoms with Gasteiger partial charge < -0.3 is 0 Å². The van der Waals surface area contributed by atoms with E-state index in [2.05, 4.69) is 26.8 Å². The maximum atomic E-state index is 16.7. The first kappa shape index (κ1) is 20.9. The van der Waals surface area contributed by atoms with Crippen molar-refractivity contribution < 1.29 is 26.7 Å². The molecule has 0 aliphatic heterocycles. The Labute approximate surface area is 169 Å². The first-order valence-electron chi connectivity index (χ1n) is 10.3. The van der Waals surface area contributed by atoms with Crippen LogP contribution in [0.15, 0.2) is 52.1 Å². The van der Waals surface area contributed by atoms with Crippen molar-refractivity contribution >= 4 is 6.08 Å². The molecule has 0 heterocycles. The van der Waals surface area contributed by atoms with Crippen LogP contribution in [0.5, 0.6) is 0 Å². The minimum absolute atomic E-state index is 0.624. The molecule has 2 aliphatic carbocycles. The molecule has 27 heavy (non-hydrogen) atoms. The topological polar surface area (TPSA) is 0 Å². The van der Waals surface area contributed by atoms with E-state index in [0.717, 1.165) is 64.7 Å². The van der Waals surface area contributed by atoms with Crippen molar-refractivity contribution in [3.8, 4) is 0 Å². The summed E-state index contributed by atoms with van der Waals surface area (Å²) in [5, 5.41) is 0. The van der Waals surface area contributed by atoms with Gasteiger partial charge in [-0.25, -0.2) is 0 Å². The number of allylic oxidation sites excluding steroid dienone is 5. The van der Waals surface area contributed by atoms with Crippen LogP contribution in [0, 0.1) is 0 Å². The van der Waals surface area contributed by atoms with Crippen LogP contribution in [0.3, 0.4) is 0 Å². The van der Waals surface area contributed by atoms with Crippen LogP contribution in [0.25, 0.3) is 6.08 Å². The third-order valence-electron chi connectivity index (χ3n) is 7.02. The molecular weight excluding hydrogens is 417 g/mol. The molecule has 0 bridgehead atoms. The van der Waals surface area contributed by atoms with E-state index >= 15 is 5.25 Å². The number of fused-ring (bicyclic) bond motifs is 1. The van der Waals surface area contributed by atoms with Gasteiger partial charge in [0.05, 0.1) is 0 Å². The van der Waals surface area contributed by atoms with E-state index in [4.69, 9.17) is 0 Å². The fourth-order valence-corrected chi connectivity index (χ4v) is 13.4. The Morgan fingerprint density at radius 2 is 1.59 bits per heavy atom. The number of hydrogen-bond acceptors (Lipinski definition) is 0. The summed E-state index contributed by atoms with van der Waals surface area (Å²) in [6.07, 6.45) is 5.46. The monoisotopic (exact) mass is 448 g/mol. The molecule has 0 nitrogen and oxygen atoms in total. The summed E-state index contributed by atoms with van der Waals surface area (Å²) in [4.78, 5) is 0. The summed E-state index contributed by atoms with van der Waals surface area (Å²) in [6, 6.07) is 7.85. The van der Waals surface area contributed by atoms with Gasteiger partial charge in [-0.15, -0.1) is 0 Å². The predicted octanol–water partition coefficient (Wildman–Crippen LogP) is 8.49. The molecule has 1 aromatic carbocycles. The van der Waals surface area contributed by atoms with E-state index in [1.54, 1.807) is 0 Å². The molecule has 3 rings (SSSR count). The van der Waals surface area contributed by atoms with Gasteiger partial charge in [0, 0.05) is 0 Å². The summed E-state index contributed by atoms with van der Waals surface area (Å²) >= 11 is -5.71. The SMILES string of the molecule is CCCC1=Cc2ccccc2[CH]1[Zr]([F])([F])[C]1(C)C(C)=C(C)C(C)=C1CCC. The van der Waals surface area contributed by atoms with Gasteiger partial charge in [-0.05, 0) is 0 Å². The normalized spacial score (nSPS) is 25.3. The zero-order valence-electron chi connectivity index (χ0n) is 17.5. The number of hydrogen-bond donors (Lipinski definition) is 0. The summed E-state index contributed by atoms with van der Waals surface area (Å²) in [5.74, 6) is 0. The Hall–Kier alpha value is -0.817. The minimum atomic E-state index is -5.71. The molecule has 2 unspecified atom stereocenters. The Morgan fingerprint density at radius 3 is 2.22 bits per heavy atom. The Morgan fingerprint density at radius 1 is 0.963 bits per heavy atom. The molecule has 0 N–H and O–H groups in total. The summed E-state index contributed by atoms with van der Waals surface area (Å²) < 4.78 is 31.9. The second-order valence-electron chi connectivity index (χ2n) is 8.38. The second kappa shape index (κ2) is 7.54. The van der Waals surface area contributed by atoms with Gasteiger partial charge in [0.25, 0.3) is 0 Å². The average molecular weight is 450 g/mol. The van der Waals surface area contributed by atoms with E-state index in [-0.39, 0.29) is 0 Å². The second-order valence-corrected chi connectivity index (χ2v) is 15.3. The van der Waals surface area contributed by atoms with Gasteiger partial charge in [-0.3, -0.25) is 0 Å². The molecule has 0 saturated carbocycles. The van der Waals surface area contributed by atoms with E-state index in [0.29, 0.717) is 0 Å². The Balaban J connectivity index is 2.19. The number of rotatable bonds is 6. The van der Waals surface area contributed by atoms with Crippen molar-refractivity contribution in [1.82, 2.24) is 0 Å². The van der Waals surface area contributed by atoms with Crippen LogP contribution in [0.4, 0.5) is 5.25 Å². The molecule has 2 atom stereocenters. The molecule has 3 heteroatoms. The zero-order chi connectivity index (χ0) is 20.0. The molecular formula is C24H32F2Zr. The quantitative estimate of drug-likeness (QED) is 0.408. The van der Waals surface area contributed by atoms with Gasteiger partial charge in [0.2, 0.25) is 0 Å². The van der Waals surface area contributed by atoms with Crippen LogP contribution in [0.1, 0.15) is 82.0 Å². The van der Waals surface area contributed by atoms with Crippen molar-refractivity contribution in [2.75, 3.05) is 0 Å². The van der Waals surface area contributed by atoms with Gasteiger partial charge in [0.15, 0.2) is 0 Å². The van der Waals surface area contributed by atoms with E-state index < -0.39 is 28.2 Å². The van der Waals surface area contributed by atoms with Crippen LogP contribution >= 0.6 is 0 Å². The molecule has 0 spiro atoms. The third-order valence-corrected chi connectivity index (χ3v) is 15.4. The summed E-state index contributed by atoms with van der Waals surface area (Å²) in [7, 11) is 0. The summed E-state index contributed by atoms with van der Waals surface area (Å²) in [5.41, 5.74) is 7.07. The van der Waals surface area contributed by atoms with Crippen molar-refractivity contribution in [2.45, 2.75) is 74.0 Å². The maximum absolute atomic E-state index is 16.7. The number of benzene rings is 1. The molecule has 146 valence electrons. The molecule has 0 radical (unpaired) electrons. The predicted molar refractivity (Wildman–Crippen MR) is 109 cm³/mol. The van der Waals surface area contributed by atoms with Crippen molar-refractivity contribution in [2.24, 2.45) is 0 Å². The van der Waals surface area contributed by atoms with Crippen LogP contribution in [0.2, 0.25) is 3.12 Å². The fraction of sp³-hybridized carbons (Fsp3) is 0.500. The molecule has 0 fully saturated rings. The van der Waals surface area contributed by atoms with Crippen LogP contribution in [-0.4, -0.2) is 0 Å². The van der Waals surface area contributed by atoms with Crippen LogP contribution < -0.4 is 0 Å². The van der Waals surface area contributed by atoms with Gasteiger partial charge in [-0.1, -0.05) is 0 Å². The zero-order valence-corrected chi connectivity index (χ0v) is 20.0. The average Bonchev–Trinajstić information content (AvgIpc) is 3.08. The van der Waals surface area contributed by atoms with Crippen LogP contribution in [-0.2, 0) is 21.5 Å². The van der Waals surface area contributed by atoms with Gasteiger partial charge in [-0.2, -0.15) is 0 Å². The first-order chi connectivity index (χ1) is 12.7. The van der Waals surface area contributed by atoms with Crippen molar-refractivity contribution in [3.63, 3.8) is 0 Å². The van der Waals surface area contributed by atoms with Crippen molar-refractivity contribution in [1.29, 1.82) is 0 Å². The van der Waals surface area contributed by atoms with E-state index in [9.17, 15) is 0 Å². The van der Waals surface area contributed by atoms with Crippen molar-refractivity contribution in [3.05, 3.63) is 63.3 Å². The third kappa shape index (κ3) is 3.00. The van der Waals surface area contributed by atoms with Gasteiger partial charge in [0.1, 0.15) is 0 Å². The standard InChI is InChI=1S/C12H13.C12H19.2FH.Zr/c1-2-5-10-8-11-6-3-4-7-12(11)9-10;1-6-7-12-10(4)8(2)9(3)11(12)5;;;/h3-4,6-9H,2,5H2,1H3;6-7H2,1-5H3;2*1H;/q;;;;+2/p-2. The molecule has 1 aromatic rings. The van der Waals surface area contributed by atoms with E-state index in [1.165, 1.54) is 0 Å². The number of halogens is 2. The fourth-order valence-electron chi connectivity index (χ4n) is 5.23. The molecule has 0 saturated heterocycles. The molecule has 0 aromatic heterocycles. The molecule has 0 amide bonds.